The zero-order valence-electron chi connectivity index (χ0n) is 13.5. The number of rotatable bonds is 6. The molecular weight excluding hydrogens is 323 g/mol. The van der Waals surface area contributed by atoms with Gasteiger partial charge < -0.3 is 14.8 Å². The molecule has 130 valence electrons. The molecule has 0 aliphatic carbocycles. The van der Waals surface area contributed by atoms with Gasteiger partial charge in [-0.05, 0) is 19.1 Å². The number of methoxy groups -OCH3 is 2. The quantitative estimate of drug-likeness (QED) is 0.815. The van der Waals surface area contributed by atoms with Crippen LogP contribution in [0.25, 0.3) is 11.3 Å². The fourth-order valence-electron chi connectivity index (χ4n) is 2.11. The molecule has 5 nitrogen and oxygen atoms in total. The molecule has 2 rings (SSSR count). The Balaban J connectivity index is 2.28. The standard InChI is InChI=1S/C16H18F3N3O2/c1-10-21-13(8-14(22-10)20-9-15(23-2)24-3)11-5-4-6-12(7-11)16(17,18)19/h4-8,15H,9H2,1-3H3,(H,20,21,22). The number of ether oxygens (including phenoxy) is 2. The van der Waals surface area contributed by atoms with Crippen molar-refractivity contribution in [2.24, 2.45) is 0 Å². The fourth-order valence-corrected chi connectivity index (χ4v) is 2.11. The highest BCUT2D eigenvalue weighted by Crippen LogP contribution is 2.32. The van der Waals surface area contributed by atoms with Crippen LogP contribution in [0.2, 0.25) is 0 Å². The molecule has 0 aliphatic heterocycles. The summed E-state index contributed by atoms with van der Waals surface area (Å²) in [4.78, 5) is 8.43. The number of hydrogen-bond acceptors (Lipinski definition) is 5. The van der Waals surface area contributed by atoms with Crippen molar-refractivity contribution in [2.75, 3.05) is 26.1 Å². The van der Waals surface area contributed by atoms with E-state index in [0.717, 1.165) is 12.1 Å². The van der Waals surface area contributed by atoms with Gasteiger partial charge >= 0.3 is 6.18 Å². The van der Waals surface area contributed by atoms with Crippen molar-refractivity contribution in [2.45, 2.75) is 19.4 Å². The van der Waals surface area contributed by atoms with E-state index in [0.29, 0.717) is 29.4 Å². The summed E-state index contributed by atoms with van der Waals surface area (Å²) in [5.41, 5.74) is 0.0560. The van der Waals surface area contributed by atoms with E-state index in [1.54, 1.807) is 19.1 Å². The summed E-state index contributed by atoms with van der Waals surface area (Å²) in [6, 6.07) is 6.62. The molecule has 8 heteroatoms. The number of nitrogens with one attached hydrogen (secondary N) is 1. The Morgan fingerprint density at radius 3 is 2.46 bits per heavy atom. The number of halogens is 3. The highest BCUT2D eigenvalue weighted by molar-refractivity contribution is 5.63. The molecule has 0 spiro atoms. The summed E-state index contributed by atoms with van der Waals surface area (Å²) >= 11 is 0. The van der Waals surface area contributed by atoms with Crippen molar-refractivity contribution in [1.29, 1.82) is 0 Å². The molecule has 0 saturated heterocycles. The summed E-state index contributed by atoms with van der Waals surface area (Å²) in [7, 11) is 3.02. The normalized spacial score (nSPS) is 11.8. The van der Waals surface area contributed by atoms with Crippen LogP contribution in [0.15, 0.2) is 30.3 Å². The van der Waals surface area contributed by atoms with Gasteiger partial charge in [-0.1, -0.05) is 12.1 Å². The Bertz CT molecular complexity index is 689. The van der Waals surface area contributed by atoms with Gasteiger partial charge in [0.25, 0.3) is 0 Å². The molecule has 0 radical (unpaired) electrons. The average molecular weight is 341 g/mol. The van der Waals surface area contributed by atoms with E-state index in [9.17, 15) is 13.2 Å². The van der Waals surface area contributed by atoms with E-state index in [1.165, 1.54) is 20.3 Å². The van der Waals surface area contributed by atoms with Crippen LogP contribution in [-0.2, 0) is 15.7 Å². The molecule has 1 aromatic carbocycles. The van der Waals surface area contributed by atoms with Gasteiger partial charge in [0.05, 0.1) is 17.8 Å². The lowest BCUT2D eigenvalue weighted by Gasteiger charge is -2.15. The van der Waals surface area contributed by atoms with Crippen molar-refractivity contribution < 1.29 is 22.6 Å². The van der Waals surface area contributed by atoms with Gasteiger partial charge in [0.2, 0.25) is 0 Å². The zero-order valence-corrected chi connectivity index (χ0v) is 13.5. The van der Waals surface area contributed by atoms with Gasteiger partial charge in [0.15, 0.2) is 6.29 Å². The van der Waals surface area contributed by atoms with Crippen LogP contribution in [-0.4, -0.2) is 37.0 Å². The summed E-state index contributed by atoms with van der Waals surface area (Å²) in [5, 5.41) is 3.02. The molecule has 0 aliphatic rings. The Morgan fingerprint density at radius 1 is 1.12 bits per heavy atom. The maximum Gasteiger partial charge on any atom is 0.416 e. The highest BCUT2D eigenvalue weighted by Gasteiger charge is 2.30. The van der Waals surface area contributed by atoms with Crippen LogP contribution in [0.5, 0.6) is 0 Å². The number of benzene rings is 1. The zero-order chi connectivity index (χ0) is 17.7. The van der Waals surface area contributed by atoms with Crippen molar-refractivity contribution in [3.8, 4) is 11.3 Å². The Labute approximate surface area is 137 Å². The maximum atomic E-state index is 12.9. The van der Waals surface area contributed by atoms with Gasteiger partial charge in [-0.25, -0.2) is 9.97 Å². The van der Waals surface area contributed by atoms with Crippen molar-refractivity contribution in [3.05, 3.63) is 41.7 Å². The van der Waals surface area contributed by atoms with E-state index in [2.05, 4.69) is 15.3 Å². The minimum Gasteiger partial charge on any atom is -0.365 e. The lowest BCUT2D eigenvalue weighted by molar-refractivity contribution is -0.137. The van der Waals surface area contributed by atoms with Crippen LogP contribution in [0, 0.1) is 6.92 Å². The predicted octanol–water partition coefficient (Wildman–Crippen LogP) is 3.50. The number of anilines is 1. The predicted molar refractivity (Wildman–Crippen MR) is 83.5 cm³/mol. The smallest absolute Gasteiger partial charge is 0.365 e. The minimum atomic E-state index is -4.40. The molecule has 0 fully saturated rings. The van der Waals surface area contributed by atoms with Crippen LogP contribution in [0.3, 0.4) is 0 Å². The lowest BCUT2D eigenvalue weighted by atomic mass is 10.1. The number of nitrogens with zero attached hydrogens (tertiary/aromatic N) is 2. The minimum absolute atomic E-state index is 0.339. The Hall–Kier alpha value is -2.19. The number of hydrogen-bond donors (Lipinski definition) is 1. The molecule has 0 bridgehead atoms. The third kappa shape index (κ3) is 4.65. The van der Waals surface area contributed by atoms with E-state index in [4.69, 9.17) is 9.47 Å². The third-order valence-electron chi connectivity index (χ3n) is 3.30. The first-order chi connectivity index (χ1) is 11.3. The molecule has 2 aromatic rings. The second-order valence-corrected chi connectivity index (χ2v) is 5.05. The monoisotopic (exact) mass is 341 g/mol. The van der Waals surface area contributed by atoms with Crippen molar-refractivity contribution in [1.82, 2.24) is 9.97 Å². The summed E-state index contributed by atoms with van der Waals surface area (Å²) in [6.45, 7) is 2.01. The second-order valence-electron chi connectivity index (χ2n) is 5.05. The molecule has 0 unspecified atom stereocenters. The molecule has 0 saturated carbocycles. The average Bonchev–Trinajstić information content (AvgIpc) is 2.54. The molecular formula is C16H18F3N3O2. The topological polar surface area (TPSA) is 56.3 Å². The van der Waals surface area contributed by atoms with E-state index in [1.807, 2.05) is 0 Å². The summed E-state index contributed by atoms with van der Waals surface area (Å²) in [6.07, 6.45) is -4.86. The van der Waals surface area contributed by atoms with E-state index in [-0.39, 0.29) is 0 Å². The van der Waals surface area contributed by atoms with Crippen LogP contribution >= 0.6 is 0 Å². The Kier molecular flexibility index (Phi) is 5.74. The van der Waals surface area contributed by atoms with E-state index < -0.39 is 18.0 Å². The lowest BCUT2D eigenvalue weighted by Crippen LogP contribution is -2.24. The number of aryl methyl sites for hydroxylation is 1. The first-order valence-corrected chi connectivity index (χ1v) is 7.16. The highest BCUT2D eigenvalue weighted by atomic mass is 19.4. The van der Waals surface area contributed by atoms with Gasteiger partial charge in [0.1, 0.15) is 11.6 Å². The maximum absolute atomic E-state index is 12.9. The van der Waals surface area contributed by atoms with Gasteiger partial charge in [0, 0.05) is 25.8 Å². The number of alkyl halides is 3. The van der Waals surface area contributed by atoms with Gasteiger partial charge in [-0.15, -0.1) is 0 Å². The van der Waals surface area contributed by atoms with Gasteiger partial charge in [-0.3, -0.25) is 0 Å². The molecule has 0 atom stereocenters. The Morgan fingerprint density at radius 2 is 1.83 bits per heavy atom. The summed E-state index contributed by atoms with van der Waals surface area (Å²) < 4.78 is 48.7. The van der Waals surface area contributed by atoms with Crippen molar-refractivity contribution in [3.63, 3.8) is 0 Å². The molecule has 1 N–H and O–H groups in total. The molecule has 1 aromatic heterocycles. The first-order valence-electron chi connectivity index (χ1n) is 7.16. The first kappa shape index (κ1) is 18.2. The van der Waals surface area contributed by atoms with E-state index >= 15 is 0 Å². The molecule has 1 heterocycles. The number of aromatic nitrogens is 2. The molecule has 24 heavy (non-hydrogen) atoms. The SMILES string of the molecule is COC(CNc1cc(-c2cccc(C(F)(F)F)c2)nc(C)n1)OC. The van der Waals surface area contributed by atoms with Crippen molar-refractivity contribution >= 4 is 5.82 Å². The van der Waals surface area contributed by atoms with Crippen LogP contribution < -0.4 is 5.32 Å². The largest absolute Gasteiger partial charge is 0.416 e. The third-order valence-corrected chi connectivity index (χ3v) is 3.30. The van der Waals surface area contributed by atoms with Gasteiger partial charge in [-0.2, -0.15) is 13.2 Å². The molecule has 0 amide bonds. The fraction of sp³-hybridized carbons (Fsp3) is 0.375. The summed E-state index contributed by atoms with van der Waals surface area (Å²) in [5.74, 6) is 0.924. The van der Waals surface area contributed by atoms with Crippen LogP contribution in [0.4, 0.5) is 19.0 Å². The van der Waals surface area contributed by atoms with Crippen LogP contribution in [0.1, 0.15) is 11.4 Å². The second kappa shape index (κ2) is 7.59.